The number of likely N-dealkylation sites (tertiary alicyclic amines) is 1. The monoisotopic (exact) mass is 386 g/mol. The number of furan rings is 1. The Kier molecular flexibility index (Phi) is 6.94. The van der Waals surface area contributed by atoms with Gasteiger partial charge in [-0.15, -0.1) is 0 Å². The van der Waals surface area contributed by atoms with Gasteiger partial charge < -0.3 is 24.1 Å². The molecule has 1 saturated heterocycles. The molecular formula is C21H26N2O5. The maximum absolute atomic E-state index is 12.5. The first kappa shape index (κ1) is 19.8. The number of amides is 2. The maximum atomic E-state index is 12.5. The second kappa shape index (κ2) is 9.82. The van der Waals surface area contributed by atoms with E-state index in [-0.39, 0.29) is 11.8 Å². The highest BCUT2D eigenvalue weighted by Crippen LogP contribution is 2.20. The lowest BCUT2D eigenvalue weighted by atomic mass is 10.2. The van der Waals surface area contributed by atoms with Gasteiger partial charge in [0.25, 0.3) is 0 Å². The molecule has 1 aliphatic heterocycles. The molecule has 1 atom stereocenters. The third-order valence-electron chi connectivity index (χ3n) is 4.76. The normalized spacial score (nSPS) is 16.0. The van der Waals surface area contributed by atoms with Gasteiger partial charge in [-0.1, -0.05) is 0 Å². The Morgan fingerprint density at radius 2 is 2.00 bits per heavy atom. The summed E-state index contributed by atoms with van der Waals surface area (Å²) in [6.45, 7) is 1.40. The van der Waals surface area contributed by atoms with Gasteiger partial charge in [-0.3, -0.25) is 9.59 Å². The van der Waals surface area contributed by atoms with Crippen molar-refractivity contribution >= 4 is 11.8 Å². The molecule has 0 aliphatic carbocycles. The number of methoxy groups -OCH3 is 1. The summed E-state index contributed by atoms with van der Waals surface area (Å²) in [6, 6.07) is 10.5. The van der Waals surface area contributed by atoms with Crippen LogP contribution in [0.5, 0.6) is 11.5 Å². The Morgan fingerprint density at radius 3 is 2.71 bits per heavy atom. The molecule has 1 aliphatic rings. The third-order valence-corrected chi connectivity index (χ3v) is 4.76. The molecule has 1 aromatic heterocycles. The first-order valence-corrected chi connectivity index (χ1v) is 9.54. The predicted molar refractivity (Wildman–Crippen MR) is 103 cm³/mol. The Labute approximate surface area is 164 Å². The lowest BCUT2D eigenvalue weighted by Gasteiger charge is -2.24. The molecule has 150 valence electrons. The third kappa shape index (κ3) is 5.28. The Bertz CT molecular complexity index is 758. The smallest absolute Gasteiger partial charge is 0.243 e. The van der Waals surface area contributed by atoms with Gasteiger partial charge in [0, 0.05) is 13.0 Å². The molecule has 3 rings (SSSR count). The van der Waals surface area contributed by atoms with Crippen LogP contribution in [0, 0.1) is 0 Å². The van der Waals surface area contributed by atoms with Crippen molar-refractivity contribution in [2.24, 2.45) is 0 Å². The zero-order valence-electron chi connectivity index (χ0n) is 16.1. The van der Waals surface area contributed by atoms with Gasteiger partial charge in [0.2, 0.25) is 11.8 Å². The van der Waals surface area contributed by atoms with Crippen LogP contribution in [0.25, 0.3) is 0 Å². The van der Waals surface area contributed by atoms with E-state index in [9.17, 15) is 9.59 Å². The second-order valence-corrected chi connectivity index (χ2v) is 6.67. The van der Waals surface area contributed by atoms with E-state index in [0.29, 0.717) is 44.7 Å². The van der Waals surface area contributed by atoms with Gasteiger partial charge in [-0.05, 0) is 55.7 Å². The zero-order valence-corrected chi connectivity index (χ0v) is 16.1. The Hall–Kier alpha value is -2.96. The molecule has 1 N–H and O–H groups in total. The van der Waals surface area contributed by atoms with Crippen LogP contribution in [-0.2, 0) is 16.1 Å². The fourth-order valence-corrected chi connectivity index (χ4v) is 3.27. The number of nitrogens with zero attached hydrogens (tertiary/aromatic N) is 1. The highest BCUT2D eigenvalue weighted by atomic mass is 16.5. The van der Waals surface area contributed by atoms with Crippen LogP contribution in [-0.4, -0.2) is 43.0 Å². The van der Waals surface area contributed by atoms with E-state index in [1.54, 1.807) is 30.4 Å². The topological polar surface area (TPSA) is 81.0 Å². The molecule has 0 bridgehead atoms. The first-order valence-electron chi connectivity index (χ1n) is 9.54. The van der Waals surface area contributed by atoms with Crippen LogP contribution in [0.3, 0.4) is 0 Å². The molecule has 1 unspecified atom stereocenters. The van der Waals surface area contributed by atoms with E-state index in [1.807, 2.05) is 24.3 Å². The number of carbonyl (C=O) groups excluding carboxylic acids is 2. The van der Waals surface area contributed by atoms with Crippen LogP contribution in [0.1, 0.15) is 31.4 Å². The Morgan fingerprint density at radius 1 is 1.21 bits per heavy atom. The van der Waals surface area contributed by atoms with Gasteiger partial charge in [0.05, 0.1) is 26.5 Å². The molecule has 1 fully saturated rings. The van der Waals surface area contributed by atoms with Gasteiger partial charge in [0.15, 0.2) is 0 Å². The van der Waals surface area contributed by atoms with E-state index in [2.05, 4.69) is 5.32 Å². The molecule has 2 heterocycles. The summed E-state index contributed by atoms with van der Waals surface area (Å²) in [6.07, 6.45) is 4.06. The first-order chi connectivity index (χ1) is 13.7. The van der Waals surface area contributed by atoms with Crippen molar-refractivity contribution in [3.05, 3.63) is 48.4 Å². The van der Waals surface area contributed by atoms with Crippen molar-refractivity contribution in [2.45, 2.75) is 38.3 Å². The standard InChI is InChI=1S/C21H26N2O5/c1-26-16-8-10-17(11-9-16)27-14-4-7-20(24)23-12-2-6-19(23)21(25)22-15-18-5-3-13-28-18/h3,5,8-11,13,19H,2,4,6-7,12,14-15H2,1H3,(H,22,25). The van der Waals surface area contributed by atoms with Crippen LogP contribution in [0.15, 0.2) is 47.1 Å². The van der Waals surface area contributed by atoms with Crippen LogP contribution in [0.2, 0.25) is 0 Å². The average molecular weight is 386 g/mol. The molecule has 1 aromatic carbocycles. The summed E-state index contributed by atoms with van der Waals surface area (Å²) in [5, 5.41) is 2.85. The second-order valence-electron chi connectivity index (χ2n) is 6.67. The van der Waals surface area contributed by atoms with Crippen molar-refractivity contribution in [1.29, 1.82) is 0 Å². The average Bonchev–Trinajstić information content (AvgIpc) is 3.41. The van der Waals surface area contributed by atoms with E-state index >= 15 is 0 Å². The molecule has 2 aromatic rings. The van der Waals surface area contributed by atoms with Crippen molar-refractivity contribution in [1.82, 2.24) is 10.2 Å². The molecule has 0 spiro atoms. The number of ether oxygens (including phenoxy) is 2. The Balaban J connectivity index is 1.40. The van der Waals surface area contributed by atoms with E-state index < -0.39 is 6.04 Å². The maximum Gasteiger partial charge on any atom is 0.243 e. The summed E-state index contributed by atoms with van der Waals surface area (Å²) < 4.78 is 16.0. The van der Waals surface area contributed by atoms with Crippen molar-refractivity contribution in [2.75, 3.05) is 20.3 Å². The number of hydrogen-bond donors (Lipinski definition) is 1. The number of rotatable bonds is 9. The minimum atomic E-state index is -0.398. The van der Waals surface area contributed by atoms with Gasteiger partial charge in [-0.25, -0.2) is 0 Å². The molecular weight excluding hydrogens is 360 g/mol. The van der Waals surface area contributed by atoms with Crippen LogP contribution < -0.4 is 14.8 Å². The molecule has 7 nitrogen and oxygen atoms in total. The molecule has 0 saturated carbocycles. The zero-order chi connectivity index (χ0) is 19.8. The minimum Gasteiger partial charge on any atom is -0.497 e. The summed E-state index contributed by atoms with van der Waals surface area (Å²) in [5.41, 5.74) is 0. The van der Waals surface area contributed by atoms with E-state index in [0.717, 1.165) is 17.9 Å². The van der Waals surface area contributed by atoms with Crippen molar-refractivity contribution in [3.8, 4) is 11.5 Å². The number of nitrogens with one attached hydrogen (secondary N) is 1. The number of hydrogen-bond acceptors (Lipinski definition) is 5. The highest BCUT2D eigenvalue weighted by molar-refractivity contribution is 5.88. The lowest BCUT2D eigenvalue weighted by Crippen LogP contribution is -2.45. The van der Waals surface area contributed by atoms with Gasteiger partial charge in [-0.2, -0.15) is 0 Å². The SMILES string of the molecule is COc1ccc(OCCCC(=O)N2CCCC2C(=O)NCc2ccco2)cc1. The minimum absolute atomic E-state index is 0.00557. The summed E-state index contributed by atoms with van der Waals surface area (Å²) in [7, 11) is 1.62. The summed E-state index contributed by atoms with van der Waals surface area (Å²) >= 11 is 0. The van der Waals surface area contributed by atoms with Crippen LogP contribution >= 0.6 is 0 Å². The quantitative estimate of drug-likeness (QED) is 0.670. The van der Waals surface area contributed by atoms with E-state index in [1.165, 1.54) is 0 Å². The molecule has 0 radical (unpaired) electrons. The highest BCUT2D eigenvalue weighted by Gasteiger charge is 2.33. The van der Waals surface area contributed by atoms with Gasteiger partial charge in [0.1, 0.15) is 23.3 Å². The van der Waals surface area contributed by atoms with Crippen molar-refractivity contribution in [3.63, 3.8) is 0 Å². The molecule has 2 amide bonds. The molecule has 28 heavy (non-hydrogen) atoms. The summed E-state index contributed by atoms with van der Waals surface area (Å²) in [4.78, 5) is 26.7. The predicted octanol–water partition coefficient (Wildman–Crippen LogP) is 2.75. The summed E-state index contributed by atoms with van der Waals surface area (Å²) in [5.74, 6) is 2.07. The molecule has 7 heteroatoms. The fraction of sp³-hybridized carbons (Fsp3) is 0.429. The van der Waals surface area contributed by atoms with Gasteiger partial charge >= 0.3 is 0 Å². The van der Waals surface area contributed by atoms with Crippen molar-refractivity contribution < 1.29 is 23.5 Å². The largest absolute Gasteiger partial charge is 0.497 e. The van der Waals surface area contributed by atoms with E-state index in [4.69, 9.17) is 13.9 Å². The number of carbonyl (C=O) groups is 2. The fourth-order valence-electron chi connectivity index (χ4n) is 3.27. The lowest BCUT2D eigenvalue weighted by molar-refractivity contribution is -0.138. The number of benzene rings is 1. The van der Waals surface area contributed by atoms with Crippen LogP contribution in [0.4, 0.5) is 0 Å².